The van der Waals surface area contributed by atoms with Gasteiger partial charge in [-0.2, -0.15) is 4.98 Å². The topological polar surface area (TPSA) is 123 Å². The molecule has 0 spiro atoms. The minimum absolute atomic E-state index is 0.0351. The van der Waals surface area contributed by atoms with Crippen LogP contribution >= 0.6 is 0 Å². The summed E-state index contributed by atoms with van der Waals surface area (Å²) in [5, 5.41) is 9.32. The van der Waals surface area contributed by atoms with Crippen molar-refractivity contribution >= 4 is 17.6 Å². The maximum Gasteiger partial charge on any atom is 0.249 e. The third kappa shape index (κ3) is 5.19. The summed E-state index contributed by atoms with van der Waals surface area (Å²) < 4.78 is 5.21. The molecule has 0 aliphatic rings. The molecule has 28 heavy (non-hydrogen) atoms. The van der Waals surface area contributed by atoms with Crippen LogP contribution in [0.5, 0.6) is 0 Å². The Morgan fingerprint density at radius 3 is 2.61 bits per heavy atom. The minimum Gasteiger partial charge on any atom is -0.345 e. The highest BCUT2D eigenvalue weighted by Gasteiger charge is 2.18. The van der Waals surface area contributed by atoms with Crippen molar-refractivity contribution in [3.05, 3.63) is 54.3 Å². The molecule has 0 radical (unpaired) electrons. The number of anilines is 1. The average Bonchev–Trinajstić information content (AvgIpc) is 3.17. The zero-order chi connectivity index (χ0) is 19.9. The molecule has 0 aliphatic carbocycles. The molecule has 3 rings (SSSR count). The van der Waals surface area contributed by atoms with E-state index in [4.69, 9.17) is 4.52 Å². The standard InChI is InChI=1S/C19H20N6O3/c1-12-5-10-21-15(11-12)23-17(27)4-3-16(26)22-13(2)19-24-18(25-28-19)14-6-8-20-9-7-14/h5-11,13H,3-4H2,1-2H3,(H,22,26)(H,21,23,27)/t13-/m0/s1. The number of amides is 2. The van der Waals surface area contributed by atoms with Crippen LogP contribution in [0.1, 0.15) is 37.3 Å². The molecule has 2 N–H and O–H groups in total. The van der Waals surface area contributed by atoms with Gasteiger partial charge in [0.05, 0.1) is 0 Å². The number of aryl methyl sites for hydroxylation is 1. The fraction of sp³-hybridized carbons (Fsp3) is 0.263. The minimum atomic E-state index is -0.475. The van der Waals surface area contributed by atoms with Gasteiger partial charge in [-0.3, -0.25) is 14.6 Å². The number of aromatic nitrogens is 4. The molecule has 0 aromatic carbocycles. The summed E-state index contributed by atoms with van der Waals surface area (Å²) in [7, 11) is 0. The summed E-state index contributed by atoms with van der Waals surface area (Å²) in [5.74, 6) is 0.604. The van der Waals surface area contributed by atoms with Gasteiger partial charge in [-0.15, -0.1) is 0 Å². The van der Waals surface area contributed by atoms with Crippen LogP contribution in [0.4, 0.5) is 5.82 Å². The first-order valence-corrected chi connectivity index (χ1v) is 8.77. The second-order valence-corrected chi connectivity index (χ2v) is 6.25. The fourth-order valence-corrected chi connectivity index (χ4v) is 2.44. The van der Waals surface area contributed by atoms with E-state index in [2.05, 4.69) is 30.7 Å². The number of carbonyl (C=O) groups is 2. The third-order valence-electron chi connectivity index (χ3n) is 3.89. The van der Waals surface area contributed by atoms with Gasteiger partial charge >= 0.3 is 0 Å². The van der Waals surface area contributed by atoms with Crippen molar-refractivity contribution in [3.8, 4) is 11.4 Å². The molecule has 9 heteroatoms. The van der Waals surface area contributed by atoms with E-state index in [0.29, 0.717) is 11.6 Å². The molecule has 3 heterocycles. The fourth-order valence-electron chi connectivity index (χ4n) is 2.44. The second kappa shape index (κ2) is 8.85. The summed E-state index contributed by atoms with van der Waals surface area (Å²) in [4.78, 5) is 36.4. The Labute approximate surface area is 161 Å². The quantitative estimate of drug-likeness (QED) is 0.645. The highest BCUT2D eigenvalue weighted by atomic mass is 16.5. The van der Waals surface area contributed by atoms with Gasteiger partial charge < -0.3 is 15.2 Å². The Hall–Kier alpha value is -3.62. The zero-order valence-electron chi connectivity index (χ0n) is 15.5. The highest BCUT2D eigenvalue weighted by Crippen LogP contribution is 2.17. The molecule has 0 bridgehead atoms. The Balaban J connectivity index is 1.48. The summed E-state index contributed by atoms with van der Waals surface area (Å²) >= 11 is 0. The molecule has 1 atom stereocenters. The van der Waals surface area contributed by atoms with Crippen molar-refractivity contribution in [1.82, 2.24) is 25.4 Å². The molecule has 0 saturated carbocycles. The van der Waals surface area contributed by atoms with Gasteiger partial charge in [0, 0.05) is 37.0 Å². The number of nitrogens with one attached hydrogen (secondary N) is 2. The summed E-state index contributed by atoms with van der Waals surface area (Å²) in [6, 6.07) is 6.65. The largest absolute Gasteiger partial charge is 0.345 e. The Bertz CT molecular complexity index is 957. The number of nitrogens with zero attached hydrogens (tertiary/aromatic N) is 4. The van der Waals surface area contributed by atoms with Gasteiger partial charge in [0.2, 0.25) is 23.5 Å². The predicted octanol–water partition coefficient (Wildman–Crippen LogP) is 2.43. The Morgan fingerprint density at radius 1 is 1.11 bits per heavy atom. The second-order valence-electron chi connectivity index (χ2n) is 6.25. The highest BCUT2D eigenvalue weighted by molar-refractivity contribution is 5.92. The van der Waals surface area contributed by atoms with Crippen LogP contribution in [0.2, 0.25) is 0 Å². The molecule has 0 saturated heterocycles. The molecule has 3 aromatic rings. The van der Waals surface area contributed by atoms with Gasteiger partial charge in [-0.1, -0.05) is 5.16 Å². The lowest BCUT2D eigenvalue weighted by Crippen LogP contribution is -2.28. The van der Waals surface area contributed by atoms with Crippen molar-refractivity contribution in [2.24, 2.45) is 0 Å². The molecular weight excluding hydrogens is 360 g/mol. The Morgan fingerprint density at radius 2 is 1.86 bits per heavy atom. The van der Waals surface area contributed by atoms with E-state index in [0.717, 1.165) is 11.1 Å². The van der Waals surface area contributed by atoms with Crippen molar-refractivity contribution in [2.75, 3.05) is 5.32 Å². The predicted molar refractivity (Wildman–Crippen MR) is 101 cm³/mol. The lowest BCUT2D eigenvalue weighted by molar-refractivity contribution is -0.125. The first-order valence-electron chi connectivity index (χ1n) is 8.77. The molecule has 2 amide bonds. The van der Waals surface area contributed by atoms with Crippen LogP contribution in [0.3, 0.4) is 0 Å². The number of hydrogen-bond acceptors (Lipinski definition) is 7. The van der Waals surface area contributed by atoms with Gasteiger partial charge in [0.1, 0.15) is 11.9 Å². The van der Waals surface area contributed by atoms with Crippen LogP contribution in [-0.2, 0) is 9.59 Å². The molecule has 0 fully saturated rings. The molecule has 9 nitrogen and oxygen atoms in total. The lowest BCUT2D eigenvalue weighted by atomic mass is 10.2. The van der Waals surface area contributed by atoms with Gasteiger partial charge in [0.25, 0.3) is 0 Å². The van der Waals surface area contributed by atoms with E-state index >= 15 is 0 Å². The van der Waals surface area contributed by atoms with Crippen LogP contribution in [-0.4, -0.2) is 31.9 Å². The number of hydrogen-bond donors (Lipinski definition) is 2. The monoisotopic (exact) mass is 380 g/mol. The smallest absolute Gasteiger partial charge is 0.249 e. The first kappa shape index (κ1) is 19.2. The number of carbonyl (C=O) groups excluding carboxylic acids is 2. The lowest BCUT2D eigenvalue weighted by Gasteiger charge is -2.09. The van der Waals surface area contributed by atoms with Crippen molar-refractivity contribution < 1.29 is 14.1 Å². The summed E-state index contributed by atoms with van der Waals surface area (Å²) in [6.07, 6.45) is 4.96. The summed E-state index contributed by atoms with van der Waals surface area (Å²) in [5.41, 5.74) is 1.76. The van der Waals surface area contributed by atoms with Crippen LogP contribution < -0.4 is 10.6 Å². The SMILES string of the molecule is Cc1ccnc(NC(=O)CCC(=O)N[C@@H](C)c2nc(-c3ccncc3)no2)c1. The number of rotatable bonds is 7. The van der Waals surface area contributed by atoms with Crippen molar-refractivity contribution in [3.63, 3.8) is 0 Å². The van der Waals surface area contributed by atoms with Crippen molar-refractivity contribution in [1.29, 1.82) is 0 Å². The van der Waals surface area contributed by atoms with E-state index < -0.39 is 6.04 Å². The molecular formula is C19H20N6O3. The zero-order valence-corrected chi connectivity index (χ0v) is 15.5. The molecule has 3 aromatic heterocycles. The molecule has 0 aliphatic heterocycles. The van der Waals surface area contributed by atoms with Crippen LogP contribution in [0, 0.1) is 6.92 Å². The maximum absolute atomic E-state index is 12.1. The van der Waals surface area contributed by atoms with Gasteiger partial charge in [-0.05, 0) is 43.7 Å². The van der Waals surface area contributed by atoms with Gasteiger partial charge in [0.15, 0.2) is 0 Å². The van der Waals surface area contributed by atoms with E-state index in [1.54, 1.807) is 43.7 Å². The van der Waals surface area contributed by atoms with E-state index in [1.807, 2.05) is 13.0 Å². The van der Waals surface area contributed by atoms with Crippen LogP contribution in [0.25, 0.3) is 11.4 Å². The molecule has 0 unspecified atom stereocenters. The molecule has 144 valence electrons. The van der Waals surface area contributed by atoms with Crippen molar-refractivity contribution in [2.45, 2.75) is 32.7 Å². The van der Waals surface area contributed by atoms with Gasteiger partial charge in [-0.25, -0.2) is 4.98 Å². The van der Waals surface area contributed by atoms with E-state index in [9.17, 15) is 9.59 Å². The third-order valence-corrected chi connectivity index (χ3v) is 3.89. The number of pyridine rings is 2. The maximum atomic E-state index is 12.1. The van der Waals surface area contributed by atoms with E-state index in [-0.39, 0.29) is 30.5 Å². The summed E-state index contributed by atoms with van der Waals surface area (Å²) in [6.45, 7) is 3.64. The van der Waals surface area contributed by atoms with Crippen LogP contribution in [0.15, 0.2) is 47.4 Å². The van der Waals surface area contributed by atoms with E-state index in [1.165, 1.54) is 0 Å². The normalized spacial score (nSPS) is 11.6. The Kier molecular flexibility index (Phi) is 6.05. The first-order chi connectivity index (χ1) is 13.5. The average molecular weight is 380 g/mol.